The van der Waals surface area contributed by atoms with Crippen molar-refractivity contribution in [3.63, 3.8) is 0 Å². The van der Waals surface area contributed by atoms with Crippen molar-refractivity contribution in [2.24, 2.45) is 4.99 Å². The highest BCUT2D eigenvalue weighted by Gasteiger charge is 2.24. The van der Waals surface area contributed by atoms with Crippen LogP contribution in [0.1, 0.15) is 64.7 Å². The van der Waals surface area contributed by atoms with Crippen molar-refractivity contribution in [1.82, 2.24) is 9.71 Å². The molecule has 1 aromatic carbocycles. The van der Waals surface area contributed by atoms with Gasteiger partial charge >= 0.3 is 5.97 Å². The molecule has 2 heterocycles. The number of nitrogens with zero attached hydrogens (tertiary/aromatic N) is 1. The fraction of sp³-hybridized carbons (Fsp3) is 0.391. The quantitative estimate of drug-likeness (QED) is 0.403. The molecule has 1 aliphatic heterocycles. The van der Waals surface area contributed by atoms with Gasteiger partial charge < -0.3 is 15.0 Å². The number of hydrogen-bond donors (Lipinski definition) is 3. The molecule has 1 amide bonds. The Morgan fingerprint density at radius 3 is 2.47 bits per heavy atom. The highest BCUT2D eigenvalue weighted by Crippen LogP contribution is 2.22. The van der Waals surface area contributed by atoms with Crippen LogP contribution in [0.4, 0.5) is 5.69 Å². The maximum absolute atomic E-state index is 12.7. The molecule has 0 saturated carbocycles. The lowest BCUT2D eigenvalue weighted by Crippen LogP contribution is -2.30. The molecule has 0 spiro atoms. The van der Waals surface area contributed by atoms with Crippen LogP contribution in [-0.4, -0.2) is 50.6 Å². The average molecular weight is 489 g/mol. The number of nitrogens with one attached hydrogen (secondary N) is 3. The number of aromatic amines is 1. The summed E-state index contributed by atoms with van der Waals surface area (Å²) in [6.07, 6.45) is 3.23. The molecule has 0 fully saturated rings. The number of amides is 1. The molecule has 0 saturated heterocycles. The number of ether oxygens (including phenoxy) is 1. The molecule has 0 atom stereocenters. The number of rotatable bonds is 7. The van der Waals surface area contributed by atoms with Gasteiger partial charge in [-0.25, -0.2) is 13.2 Å². The van der Waals surface area contributed by atoms with E-state index in [4.69, 9.17) is 4.74 Å². The van der Waals surface area contributed by atoms with Gasteiger partial charge in [-0.15, -0.1) is 0 Å². The summed E-state index contributed by atoms with van der Waals surface area (Å²) in [6.45, 7) is 3.57. The van der Waals surface area contributed by atoms with Gasteiger partial charge in [0, 0.05) is 31.3 Å². The molecule has 10 nitrogen and oxygen atoms in total. The van der Waals surface area contributed by atoms with E-state index in [9.17, 15) is 22.8 Å². The van der Waals surface area contributed by atoms with Gasteiger partial charge in [-0.3, -0.25) is 19.3 Å². The van der Waals surface area contributed by atoms with Gasteiger partial charge in [0.05, 0.1) is 29.7 Å². The van der Waals surface area contributed by atoms with Gasteiger partial charge in [0.1, 0.15) is 5.84 Å². The number of H-pyrrole nitrogens is 1. The van der Waals surface area contributed by atoms with Crippen molar-refractivity contribution in [2.75, 3.05) is 19.0 Å². The zero-order valence-electron chi connectivity index (χ0n) is 19.4. The fourth-order valence-corrected chi connectivity index (χ4v) is 4.87. The van der Waals surface area contributed by atoms with Crippen molar-refractivity contribution in [2.45, 2.75) is 50.8 Å². The molecule has 0 unspecified atom stereocenters. The number of benzene rings is 1. The van der Waals surface area contributed by atoms with Crippen molar-refractivity contribution in [3.8, 4) is 0 Å². The van der Waals surface area contributed by atoms with Crippen LogP contribution in [0.5, 0.6) is 0 Å². The standard InChI is InChI=1S/C23H28N4O6S/c1-14-21(23(30)33-3)18(26-22(14)15(2)28)13-20(29)25-16-8-10-17(11-9-16)34(31,32)27-19-7-5-4-6-12-24-19/h8-11,26H,4-7,12-13H2,1-3H3,(H,24,27)(H,25,29). The third-order valence-electron chi connectivity index (χ3n) is 5.48. The fourth-order valence-electron chi connectivity index (χ4n) is 3.78. The molecule has 0 radical (unpaired) electrons. The maximum Gasteiger partial charge on any atom is 0.339 e. The Hall–Kier alpha value is -3.47. The number of hydrogen-bond acceptors (Lipinski definition) is 7. The van der Waals surface area contributed by atoms with E-state index in [0.29, 0.717) is 30.1 Å². The highest BCUT2D eigenvalue weighted by molar-refractivity contribution is 7.90. The SMILES string of the molecule is COC(=O)c1c(CC(=O)Nc2ccc(S(=O)(=O)NC3=NCCCCC3)cc2)[nH]c(C(C)=O)c1C. The van der Waals surface area contributed by atoms with Crippen LogP contribution in [-0.2, 0) is 26.0 Å². The Bertz CT molecular complexity index is 1230. The Morgan fingerprint density at radius 2 is 1.82 bits per heavy atom. The number of aromatic nitrogens is 1. The van der Waals surface area contributed by atoms with Crippen LogP contribution in [0.15, 0.2) is 34.2 Å². The topological polar surface area (TPSA) is 147 Å². The van der Waals surface area contributed by atoms with E-state index in [-0.39, 0.29) is 34.1 Å². The second-order valence-corrected chi connectivity index (χ2v) is 9.70. The molecule has 3 rings (SSSR count). The van der Waals surface area contributed by atoms with Crippen LogP contribution >= 0.6 is 0 Å². The van der Waals surface area contributed by atoms with Gasteiger partial charge in [-0.05, 0) is 49.6 Å². The minimum atomic E-state index is -3.78. The summed E-state index contributed by atoms with van der Waals surface area (Å²) in [7, 11) is -2.56. The predicted octanol–water partition coefficient (Wildman–Crippen LogP) is 2.74. The van der Waals surface area contributed by atoms with E-state index in [1.165, 1.54) is 38.3 Å². The largest absolute Gasteiger partial charge is 0.465 e. The monoisotopic (exact) mass is 488 g/mol. The zero-order chi connectivity index (χ0) is 24.9. The first-order chi connectivity index (χ1) is 16.1. The van der Waals surface area contributed by atoms with Crippen LogP contribution in [0.25, 0.3) is 0 Å². The minimum Gasteiger partial charge on any atom is -0.465 e. The molecule has 0 bridgehead atoms. The summed E-state index contributed by atoms with van der Waals surface area (Å²) in [5, 5.41) is 2.67. The molecule has 2 aromatic rings. The smallest absolute Gasteiger partial charge is 0.339 e. The first-order valence-corrected chi connectivity index (χ1v) is 12.4. The summed E-state index contributed by atoms with van der Waals surface area (Å²) >= 11 is 0. The van der Waals surface area contributed by atoms with E-state index >= 15 is 0 Å². The van der Waals surface area contributed by atoms with Crippen molar-refractivity contribution >= 4 is 39.2 Å². The average Bonchev–Trinajstić information content (AvgIpc) is 2.93. The van der Waals surface area contributed by atoms with Gasteiger partial charge in [0.2, 0.25) is 5.91 Å². The summed E-state index contributed by atoms with van der Waals surface area (Å²) in [6, 6.07) is 5.73. The number of sulfonamides is 1. The molecule has 1 aromatic heterocycles. The Labute approximate surface area is 198 Å². The van der Waals surface area contributed by atoms with E-state index in [1.807, 2.05) is 0 Å². The van der Waals surface area contributed by atoms with Crippen molar-refractivity contribution < 1.29 is 27.5 Å². The third-order valence-corrected chi connectivity index (χ3v) is 6.88. The molecule has 34 heavy (non-hydrogen) atoms. The number of amidine groups is 1. The predicted molar refractivity (Wildman–Crippen MR) is 127 cm³/mol. The Morgan fingerprint density at radius 1 is 1.12 bits per heavy atom. The van der Waals surface area contributed by atoms with Crippen LogP contribution in [0, 0.1) is 6.92 Å². The number of ketones is 1. The molecule has 182 valence electrons. The number of esters is 1. The maximum atomic E-state index is 12.7. The van der Waals surface area contributed by atoms with Gasteiger partial charge in [-0.1, -0.05) is 6.42 Å². The lowest BCUT2D eigenvalue weighted by Gasteiger charge is -2.11. The normalized spacial score (nSPS) is 14.0. The molecule has 0 aliphatic carbocycles. The Balaban J connectivity index is 1.71. The minimum absolute atomic E-state index is 0.0523. The lowest BCUT2D eigenvalue weighted by molar-refractivity contribution is -0.115. The van der Waals surface area contributed by atoms with E-state index in [1.54, 1.807) is 6.92 Å². The first-order valence-electron chi connectivity index (χ1n) is 10.9. The van der Waals surface area contributed by atoms with E-state index < -0.39 is 21.9 Å². The molecule has 1 aliphatic rings. The van der Waals surface area contributed by atoms with Crippen LogP contribution in [0.2, 0.25) is 0 Å². The number of aliphatic imine (C=N–C) groups is 1. The highest BCUT2D eigenvalue weighted by atomic mass is 32.2. The first kappa shape index (κ1) is 25.2. The lowest BCUT2D eigenvalue weighted by atomic mass is 10.1. The third kappa shape index (κ3) is 5.90. The number of methoxy groups -OCH3 is 1. The number of carbonyl (C=O) groups excluding carboxylic acids is 3. The number of anilines is 1. The van der Waals surface area contributed by atoms with E-state index in [2.05, 4.69) is 20.0 Å². The molecular formula is C23H28N4O6S. The van der Waals surface area contributed by atoms with Crippen LogP contribution in [0.3, 0.4) is 0 Å². The summed E-state index contributed by atoms with van der Waals surface area (Å²) in [4.78, 5) is 43.8. The number of carbonyl (C=O) groups is 3. The molecule has 3 N–H and O–H groups in total. The molecule has 11 heteroatoms. The van der Waals surface area contributed by atoms with Gasteiger partial charge in [0.25, 0.3) is 10.0 Å². The van der Waals surface area contributed by atoms with Crippen LogP contribution < -0.4 is 10.0 Å². The van der Waals surface area contributed by atoms with Gasteiger partial charge in [-0.2, -0.15) is 0 Å². The second-order valence-electron chi connectivity index (χ2n) is 8.02. The summed E-state index contributed by atoms with van der Waals surface area (Å²) in [5.74, 6) is -0.913. The van der Waals surface area contributed by atoms with Crippen molar-refractivity contribution in [1.29, 1.82) is 0 Å². The van der Waals surface area contributed by atoms with E-state index in [0.717, 1.165) is 19.3 Å². The van der Waals surface area contributed by atoms with Gasteiger partial charge in [0.15, 0.2) is 5.78 Å². The Kier molecular flexibility index (Phi) is 7.87. The second kappa shape index (κ2) is 10.6. The van der Waals surface area contributed by atoms with Crippen molar-refractivity contribution in [3.05, 3.63) is 46.8 Å². The zero-order valence-corrected chi connectivity index (χ0v) is 20.2. The summed E-state index contributed by atoms with van der Waals surface area (Å²) in [5.41, 5.74) is 1.45. The number of Topliss-reactive ketones (excluding diaryl/α,β-unsaturated/α-hetero) is 1. The summed E-state index contributed by atoms with van der Waals surface area (Å²) < 4.78 is 32.6. The molecular weight excluding hydrogens is 460 g/mol.